The first kappa shape index (κ1) is 11.7. The monoisotopic (exact) mass is 245 g/mol. The summed E-state index contributed by atoms with van der Waals surface area (Å²) in [5, 5.41) is 3.40. The molecule has 4 heteroatoms. The lowest BCUT2D eigenvalue weighted by atomic mass is 9.75. The van der Waals surface area contributed by atoms with Crippen molar-refractivity contribution >= 4 is 11.6 Å². The Hall–Kier alpha value is -1.42. The highest BCUT2D eigenvalue weighted by atomic mass is 16.2. The summed E-state index contributed by atoms with van der Waals surface area (Å²) in [6.07, 6.45) is 4.57. The van der Waals surface area contributed by atoms with E-state index in [4.69, 9.17) is 0 Å². The average Bonchev–Trinajstić information content (AvgIpc) is 2.60. The molecule has 0 radical (unpaired) electrons. The number of aromatic nitrogens is 1. The SMILES string of the molecule is CC1(C)C(=O)N(c2ccncc2)C2CNCCC21. The lowest BCUT2D eigenvalue weighted by molar-refractivity contribution is -0.125. The molecule has 4 nitrogen and oxygen atoms in total. The van der Waals surface area contributed by atoms with Gasteiger partial charge in [0, 0.05) is 30.0 Å². The largest absolute Gasteiger partial charge is 0.315 e. The molecule has 0 saturated carbocycles. The van der Waals surface area contributed by atoms with E-state index < -0.39 is 0 Å². The minimum Gasteiger partial charge on any atom is -0.315 e. The van der Waals surface area contributed by atoms with Crippen molar-refractivity contribution in [1.29, 1.82) is 0 Å². The number of fused-ring (bicyclic) bond motifs is 1. The van der Waals surface area contributed by atoms with Gasteiger partial charge >= 0.3 is 0 Å². The van der Waals surface area contributed by atoms with Crippen LogP contribution in [0.2, 0.25) is 0 Å². The van der Waals surface area contributed by atoms with E-state index in [-0.39, 0.29) is 17.4 Å². The Kier molecular flexibility index (Phi) is 2.63. The van der Waals surface area contributed by atoms with Gasteiger partial charge < -0.3 is 10.2 Å². The van der Waals surface area contributed by atoms with Gasteiger partial charge in [-0.25, -0.2) is 0 Å². The van der Waals surface area contributed by atoms with Crippen molar-refractivity contribution in [3.63, 3.8) is 0 Å². The second kappa shape index (κ2) is 4.05. The van der Waals surface area contributed by atoms with Crippen molar-refractivity contribution in [2.75, 3.05) is 18.0 Å². The van der Waals surface area contributed by atoms with E-state index in [2.05, 4.69) is 24.1 Å². The average molecular weight is 245 g/mol. The molecule has 1 N–H and O–H groups in total. The number of piperidine rings is 1. The van der Waals surface area contributed by atoms with Crippen LogP contribution >= 0.6 is 0 Å². The molecule has 0 aromatic carbocycles. The smallest absolute Gasteiger partial charge is 0.233 e. The number of hydrogen-bond acceptors (Lipinski definition) is 3. The fourth-order valence-corrected chi connectivity index (χ4v) is 3.39. The molecule has 0 bridgehead atoms. The van der Waals surface area contributed by atoms with E-state index in [0.717, 1.165) is 25.2 Å². The molecule has 2 saturated heterocycles. The molecule has 2 aliphatic heterocycles. The summed E-state index contributed by atoms with van der Waals surface area (Å²) >= 11 is 0. The van der Waals surface area contributed by atoms with Crippen molar-refractivity contribution < 1.29 is 4.79 Å². The zero-order valence-electron chi connectivity index (χ0n) is 10.9. The normalized spacial score (nSPS) is 30.3. The first-order valence-corrected chi connectivity index (χ1v) is 6.57. The molecule has 0 spiro atoms. The van der Waals surface area contributed by atoms with Gasteiger partial charge in [-0.3, -0.25) is 9.78 Å². The van der Waals surface area contributed by atoms with E-state index in [1.165, 1.54) is 0 Å². The number of nitrogens with one attached hydrogen (secondary N) is 1. The van der Waals surface area contributed by atoms with Crippen LogP contribution in [0.25, 0.3) is 0 Å². The predicted molar refractivity (Wildman–Crippen MR) is 70.3 cm³/mol. The topological polar surface area (TPSA) is 45.2 Å². The van der Waals surface area contributed by atoms with Gasteiger partial charge in [-0.05, 0) is 31.0 Å². The Morgan fingerprint density at radius 1 is 1.39 bits per heavy atom. The van der Waals surface area contributed by atoms with Gasteiger partial charge in [0.2, 0.25) is 5.91 Å². The summed E-state index contributed by atoms with van der Waals surface area (Å²) in [5.41, 5.74) is 0.718. The zero-order valence-corrected chi connectivity index (χ0v) is 10.9. The maximum absolute atomic E-state index is 12.7. The summed E-state index contributed by atoms with van der Waals surface area (Å²) in [6.45, 7) is 6.07. The van der Waals surface area contributed by atoms with Crippen LogP contribution in [0.4, 0.5) is 5.69 Å². The van der Waals surface area contributed by atoms with Crippen molar-refractivity contribution in [2.24, 2.45) is 11.3 Å². The van der Waals surface area contributed by atoms with Crippen molar-refractivity contribution in [2.45, 2.75) is 26.3 Å². The van der Waals surface area contributed by atoms with E-state index in [1.807, 2.05) is 17.0 Å². The molecule has 1 amide bonds. The van der Waals surface area contributed by atoms with Gasteiger partial charge in [0.25, 0.3) is 0 Å². The van der Waals surface area contributed by atoms with Crippen LogP contribution in [-0.4, -0.2) is 30.0 Å². The fourth-order valence-electron chi connectivity index (χ4n) is 3.39. The van der Waals surface area contributed by atoms with Gasteiger partial charge in [-0.1, -0.05) is 13.8 Å². The minimum absolute atomic E-state index is 0.243. The molecular formula is C14H19N3O. The van der Waals surface area contributed by atoms with Crippen LogP contribution in [0.3, 0.4) is 0 Å². The second-order valence-electron chi connectivity index (χ2n) is 5.77. The predicted octanol–water partition coefficient (Wildman–Crippen LogP) is 1.43. The standard InChI is InChI=1S/C14H19N3O/c1-14(2)11-5-8-16-9-12(11)17(13(14)18)10-3-6-15-7-4-10/h3-4,6-7,11-12,16H,5,8-9H2,1-2H3. The number of pyridine rings is 1. The molecule has 1 aromatic heterocycles. The molecule has 3 heterocycles. The summed E-state index contributed by atoms with van der Waals surface area (Å²) in [7, 11) is 0. The van der Waals surface area contributed by atoms with Crippen LogP contribution in [0.5, 0.6) is 0 Å². The minimum atomic E-state index is -0.254. The Labute approximate surface area is 107 Å². The first-order chi connectivity index (χ1) is 8.62. The van der Waals surface area contributed by atoms with Gasteiger partial charge in [0.1, 0.15) is 0 Å². The van der Waals surface area contributed by atoms with Crippen molar-refractivity contribution in [3.05, 3.63) is 24.5 Å². The number of anilines is 1. The van der Waals surface area contributed by atoms with Crippen LogP contribution in [-0.2, 0) is 4.79 Å². The number of carbonyl (C=O) groups is 1. The lowest BCUT2D eigenvalue weighted by Crippen LogP contribution is -2.47. The number of amides is 1. The van der Waals surface area contributed by atoms with Gasteiger partial charge in [0.05, 0.1) is 6.04 Å². The number of hydrogen-bond donors (Lipinski definition) is 1. The Morgan fingerprint density at radius 3 is 2.83 bits per heavy atom. The molecule has 96 valence electrons. The van der Waals surface area contributed by atoms with Gasteiger partial charge in [-0.15, -0.1) is 0 Å². The third-order valence-corrected chi connectivity index (χ3v) is 4.42. The molecule has 2 aliphatic rings. The summed E-state index contributed by atoms with van der Waals surface area (Å²) in [6, 6.07) is 4.12. The molecule has 2 fully saturated rings. The highest BCUT2D eigenvalue weighted by Crippen LogP contribution is 2.45. The molecule has 2 atom stereocenters. The van der Waals surface area contributed by atoms with Gasteiger partial charge in [-0.2, -0.15) is 0 Å². The van der Waals surface area contributed by atoms with E-state index in [1.54, 1.807) is 12.4 Å². The molecule has 3 rings (SSSR count). The molecule has 18 heavy (non-hydrogen) atoms. The van der Waals surface area contributed by atoms with Crippen LogP contribution < -0.4 is 10.2 Å². The summed E-state index contributed by atoms with van der Waals surface area (Å²) < 4.78 is 0. The molecular weight excluding hydrogens is 226 g/mol. The second-order valence-corrected chi connectivity index (χ2v) is 5.77. The van der Waals surface area contributed by atoms with Crippen molar-refractivity contribution in [3.8, 4) is 0 Å². The maximum atomic E-state index is 12.7. The molecule has 1 aromatic rings. The van der Waals surface area contributed by atoms with Crippen molar-refractivity contribution in [1.82, 2.24) is 10.3 Å². The van der Waals surface area contributed by atoms with Crippen LogP contribution in [0.15, 0.2) is 24.5 Å². The lowest BCUT2D eigenvalue weighted by Gasteiger charge is -2.33. The third-order valence-electron chi connectivity index (χ3n) is 4.42. The summed E-state index contributed by atoms with van der Waals surface area (Å²) in [5.74, 6) is 0.687. The maximum Gasteiger partial charge on any atom is 0.233 e. The van der Waals surface area contributed by atoms with E-state index >= 15 is 0 Å². The van der Waals surface area contributed by atoms with E-state index in [0.29, 0.717) is 5.92 Å². The fraction of sp³-hybridized carbons (Fsp3) is 0.571. The summed E-state index contributed by atoms with van der Waals surface area (Å²) in [4.78, 5) is 18.7. The number of nitrogens with zero attached hydrogens (tertiary/aromatic N) is 2. The zero-order chi connectivity index (χ0) is 12.8. The Balaban J connectivity index is 2.02. The first-order valence-electron chi connectivity index (χ1n) is 6.57. The molecule has 2 unspecified atom stereocenters. The third kappa shape index (κ3) is 1.56. The quantitative estimate of drug-likeness (QED) is 0.814. The molecule has 0 aliphatic carbocycles. The van der Waals surface area contributed by atoms with E-state index in [9.17, 15) is 4.79 Å². The van der Waals surface area contributed by atoms with Crippen LogP contribution in [0.1, 0.15) is 20.3 Å². The van der Waals surface area contributed by atoms with Crippen LogP contribution in [0, 0.1) is 11.3 Å². The Morgan fingerprint density at radius 2 is 2.11 bits per heavy atom. The Bertz CT molecular complexity index is 457. The highest BCUT2D eigenvalue weighted by molar-refractivity contribution is 6.00. The number of carbonyl (C=O) groups excluding carboxylic acids is 1. The van der Waals surface area contributed by atoms with Gasteiger partial charge in [0.15, 0.2) is 0 Å². The number of rotatable bonds is 1. The highest BCUT2D eigenvalue weighted by Gasteiger charge is 2.54.